The van der Waals surface area contributed by atoms with Crippen molar-refractivity contribution in [3.63, 3.8) is 0 Å². The molecule has 3 heteroatoms. The first-order chi connectivity index (χ1) is 6.43. The van der Waals surface area contributed by atoms with E-state index in [2.05, 4.69) is 0 Å². The Kier molecular flexibility index (Phi) is 3.26. The molecule has 2 unspecified atom stereocenters. The van der Waals surface area contributed by atoms with Crippen LogP contribution in [0.2, 0.25) is 0 Å². The van der Waals surface area contributed by atoms with Gasteiger partial charge in [0.2, 0.25) is 6.23 Å². The molecule has 1 aromatic carbocycles. The van der Waals surface area contributed by atoms with Crippen LogP contribution in [0.15, 0.2) is 30.3 Å². The first kappa shape index (κ1) is 11.2. The highest BCUT2D eigenvalue weighted by molar-refractivity contribution is 5.15. The number of benzene rings is 1. The van der Waals surface area contributed by atoms with Crippen molar-refractivity contribution in [3.8, 4) is 0 Å². The second-order valence-electron chi connectivity index (χ2n) is 4.43. The van der Waals surface area contributed by atoms with E-state index in [0.717, 1.165) is 0 Å². The second-order valence-corrected chi connectivity index (χ2v) is 4.43. The van der Waals surface area contributed by atoms with Crippen molar-refractivity contribution in [2.24, 2.45) is 0 Å². The Labute approximate surface area is 84.6 Å². The number of hydroxylamine groups is 2. The van der Waals surface area contributed by atoms with Crippen molar-refractivity contribution < 1.29 is 10.2 Å². The molecular formula is C11H17NO2. The van der Waals surface area contributed by atoms with Crippen molar-refractivity contribution in [3.05, 3.63) is 41.1 Å². The van der Waals surface area contributed by atoms with Crippen molar-refractivity contribution >= 4 is 0 Å². The highest BCUT2D eigenvalue weighted by atomic mass is 16.5. The summed E-state index contributed by atoms with van der Waals surface area (Å²) in [5, 5.41) is 21.3. The van der Waals surface area contributed by atoms with Gasteiger partial charge in [0.15, 0.2) is 0 Å². The number of quaternary nitrogens is 1. The first-order valence-electron chi connectivity index (χ1n) is 4.70. The van der Waals surface area contributed by atoms with E-state index in [1.807, 2.05) is 39.0 Å². The average molecular weight is 195 g/mol. The van der Waals surface area contributed by atoms with E-state index in [4.69, 9.17) is 0 Å². The fraction of sp³-hybridized carbons (Fsp3) is 0.455. The SMILES string of the molecule is CC(C)(C)[NH+]([O-])C(O)c1ccccc1. The molecule has 0 saturated heterocycles. The minimum Gasteiger partial charge on any atom is -0.632 e. The molecule has 0 saturated carbocycles. The van der Waals surface area contributed by atoms with Crippen molar-refractivity contribution in [2.75, 3.05) is 0 Å². The molecule has 14 heavy (non-hydrogen) atoms. The van der Waals surface area contributed by atoms with Gasteiger partial charge in [0.25, 0.3) is 0 Å². The van der Waals surface area contributed by atoms with E-state index in [-0.39, 0.29) is 5.06 Å². The molecule has 1 rings (SSSR count). The van der Waals surface area contributed by atoms with E-state index >= 15 is 0 Å². The highest BCUT2D eigenvalue weighted by Gasteiger charge is 2.25. The molecular weight excluding hydrogens is 178 g/mol. The lowest BCUT2D eigenvalue weighted by Crippen LogP contribution is -3.15. The number of rotatable bonds is 2. The minimum absolute atomic E-state index is 0.149. The molecule has 2 N–H and O–H groups in total. The fourth-order valence-electron chi connectivity index (χ4n) is 1.20. The summed E-state index contributed by atoms with van der Waals surface area (Å²) in [6.45, 7) is 5.42. The maximum absolute atomic E-state index is 11.7. The first-order valence-corrected chi connectivity index (χ1v) is 4.70. The molecule has 0 heterocycles. The van der Waals surface area contributed by atoms with Crippen LogP contribution in [0.25, 0.3) is 0 Å². The third-order valence-corrected chi connectivity index (χ3v) is 2.10. The summed E-state index contributed by atoms with van der Waals surface area (Å²) < 4.78 is 0. The van der Waals surface area contributed by atoms with Crippen molar-refractivity contribution in [2.45, 2.75) is 32.5 Å². The van der Waals surface area contributed by atoms with Crippen LogP contribution in [0.1, 0.15) is 32.6 Å². The average Bonchev–Trinajstić information content (AvgIpc) is 2.15. The maximum atomic E-state index is 11.7. The summed E-state index contributed by atoms with van der Waals surface area (Å²) >= 11 is 0. The Morgan fingerprint density at radius 2 is 1.71 bits per heavy atom. The van der Waals surface area contributed by atoms with Crippen LogP contribution in [0.5, 0.6) is 0 Å². The van der Waals surface area contributed by atoms with Crippen LogP contribution in [0.3, 0.4) is 0 Å². The number of hydrogen-bond acceptors (Lipinski definition) is 2. The summed E-state index contributed by atoms with van der Waals surface area (Å²) in [5.74, 6) is 0. The lowest BCUT2D eigenvalue weighted by Gasteiger charge is -2.38. The molecule has 0 aliphatic heterocycles. The quantitative estimate of drug-likeness (QED) is 0.543. The zero-order chi connectivity index (χ0) is 10.8. The third-order valence-electron chi connectivity index (χ3n) is 2.10. The normalized spacial score (nSPS) is 16.4. The predicted octanol–water partition coefficient (Wildman–Crippen LogP) is 0.859. The molecule has 0 aliphatic carbocycles. The van der Waals surface area contributed by atoms with Gasteiger partial charge in [-0.15, -0.1) is 0 Å². The zero-order valence-electron chi connectivity index (χ0n) is 8.82. The zero-order valence-corrected chi connectivity index (χ0v) is 8.82. The van der Waals surface area contributed by atoms with Gasteiger partial charge in [-0.1, -0.05) is 30.3 Å². The van der Waals surface area contributed by atoms with E-state index in [1.165, 1.54) is 0 Å². The van der Waals surface area contributed by atoms with Gasteiger partial charge in [0, 0.05) is 5.56 Å². The van der Waals surface area contributed by atoms with Gasteiger partial charge in [0.05, 0.1) is 5.54 Å². The fourth-order valence-corrected chi connectivity index (χ4v) is 1.20. The van der Waals surface area contributed by atoms with E-state index in [9.17, 15) is 10.3 Å². The lowest BCUT2D eigenvalue weighted by atomic mass is 10.1. The molecule has 0 aliphatic rings. The molecule has 3 nitrogen and oxygen atoms in total. The van der Waals surface area contributed by atoms with Crippen LogP contribution in [-0.4, -0.2) is 10.6 Å². The molecule has 0 radical (unpaired) electrons. The Balaban J connectivity index is 2.81. The van der Waals surface area contributed by atoms with Crippen LogP contribution >= 0.6 is 0 Å². The standard InChI is InChI=1S/C11H17NO2/c1-11(2,3)12(14)10(13)9-7-5-4-6-8-9/h4-8,10,12-13H,1-3H3. The molecule has 0 fully saturated rings. The van der Waals surface area contributed by atoms with Gasteiger partial charge in [-0.2, -0.15) is 0 Å². The van der Waals surface area contributed by atoms with Crippen LogP contribution in [0.4, 0.5) is 0 Å². The molecule has 0 amide bonds. The predicted molar refractivity (Wildman–Crippen MR) is 55.5 cm³/mol. The summed E-state index contributed by atoms with van der Waals surface area (Å²) in [5.41, 5.74) is 0.155. The molecule has 0 aromatic heterocycles. The van der Waals surface area contributed by atoms with Gasteiger partial charge < -0.3 is 15.4 Å². The molecule has 78 valence electrons. The summed E-state index contributed by atoms with van der Waals surface area (Å²) in [4.78, 5) is 0. The third kappa shape index (κ3) is 2.54. The van der Waals surface area contributed by atoms with Crippen LogP contribution in [-0.2, 0) is 0 Å². The monoisotopic (exact) mass is 195 g/mol. The molecule has 2 atom stereocenters. The second kappa shape index (κ2) is 4.09. The van der Waals surface area contributed by atoms with Gasteiger partial charge in [-0.3, -0.25) is 0 Å². The highest BCUT2D eigenvalue weighted by Crippen LogP contribution is 2.08. The molecule has 1 aromatic rings. The number of aliphatic hydroxyl groups excluding tert-OH is 1. The van der Waals surface area contributed by atoms with E-state index in [1.54, 1.807) is 12.1 Å². The Bertz CT molecular complexity index is 279. The smallest absolute Gasteiger partial charge is 0.216 e. The Hall–Kier alpha value is -0.900. The topological polar surface area (TPSA) is 47.7 Å². The van der Waals surface area contributed by atoms with Crippen LogP contribution in [0, 0.1) is 5.21 Å². The van der Waals surface area contributed by atoms with Gasteiger partial charge in [0.1, 0.15) is 0 Å². The largest absolute Gasteiger partial charge is 0.632 e. The molecule has 0 bridgehead atoms. The summed E-state index contributed by atoms with van der Waals surface area (Å²) in [7, 11) is 0. The van der Waals surface area contributed by atoms with Crippen molar-refractivity contribution in [1.82, 2.24) is 0 Å². The van der Waals surface area contributed by atoms with Crippen LogP contribution < -0.4 is 5.06 Å². The van der Waals surface area contributed by atoms with Gasteiger partial charge in [-0.05, 0) is 20.8 Å². The summed E-state index contributed by atoms with van der Waals surface area (Å²) in [6.07, 6.45) is -1.00. The maximum Gasteiger partial charge on any atom is 0.216 e. The van der Waals surface area contributed by atoms with E-state index in [0.29, 0.717) is 5.56 Å². The summed E-state index contributed by atoms with van der Waals surface area (Å²) in [6, 6.07) is 9.00. The van der Waals surface area contributed by atoms with Gasteiger partial charge in [-0.25, -0.2) is 0 Å². The molecule has 0 spiro atoms. The lowest BCUT2D eigenvalue weighted by molar-refractivity contribution is -0.952. The number of hydrogen-bond donors (Lipinski definition) is 2. The minimum atomic E-state index is -1.00. The number of nitrogens with one attached hydrogen (secondary N) is 1. The number of aliphatic hydroxyl groups is 1. The van der Waals surface area contributed by atoms with Crippen molar-refractivity contribution in [1.29, 1.82) is 0 Å². The Morgan fingerprint density at radius 1 is 1.21 bits per heavy atom. The van der Waals surface area contributed by atoms with Gasteiger partial charge >= 0.3 is 0 Å². The van der Waals surface area contributed by atoms with E-state index < -0.39 is 11.8 Å². The Morgan fingerprint density at radius 3 is 2.14 bits per heavy atom.